The predicted molar refractivity (Wildman–Crippen MR) is 93.4 cm³/mol. The van der Waals surface area contributed by atoms with Crippen LogP contribution < -0.4 is 0 Å². The molecule has 0 heterocycles. The van der Waals surface area contributed by atoms with Crippen LogP contribution in [0.25, 0.3) is 11.1 Å². The van der Waals surface area contributed by atoms with Crippen LogP contribution in [-0.2, 0) is 0 Å². The molecule has 0 aliphatic rings. The number of ketones is 2. The van der Waals surface area contributed by atoms with E-state index in [1.807, 2.05) is 24.3 Å². The standard InChI is InChI=1S/C21H16O3/c1-14(22)15-2-6-18(7-3-15)21(24)19-8-4-16(5-9-19)17-10-12-20(23)13-11-17/h2-13,23H,1H3. The Hall–Kier alpha value is -3.20. The zero-order valence-corrected chi connectivity index (χ0v) is 13.2. The Morgan fingerprint density at radius 2 is 1.00 bits per heavy atom. The second-order valence-electron chi connectivity index (χ2n) is 5.59. The summed E-state index contributed by atoms with van der Waals surface area (Å²) in [5.41, 5.74) is 3.68. The van der Waals surface area contributed by atoms with E-state index >= 15 is 0 Å². The third-order valence-electron chi connectivity index (χ3n) is 3.90. The summed E-state index contributed by atoms with van der Waals surface area (Å²) >= 11 is 0. The minimum absolute atomic E-state index is 0.0211. The van der Waals surface area contributed by atoms with E-state index < -0.39 is 0 Å². The number of carbonyl (C=O) groups excluding carboxylic acids is 2. The Bertz CT molecular complexity index is 874. The number of phenolic OH excluding ortho intramolecular Hbond substituents is 1. The summed E-state index contributed by atoms with van der Waals surface area (Å²) in [6.45, 7) is 1.50. The van der Waals surface area contributed by atoms with E-state index in [4.69, 9.17) is 0 Å². The highest BCUT2D eigenvalue weighted by Gasteiger charge is 2.10. The van der Waals surface area contributed by atoms with Crippen LogP contribution in [0, 0.1) is 0 Å². The molecule has 24 heavy (non-hydrogen) atoms. The number of hydrogen-bond donors (Lipinski definition) is 1. The van der Waals surface area contributed by atoms with Gasteiger partial charge in [0.1, 0.15) is 5.75 Å². The lowest BCUT2D eigenvalue weighted by atomic mass is 9.98. The highest BCUT2D eigenvalue weighted by atomic mass is 16.3. The summed E-state index contributed by atoms with van der Waals surface area (Å²) in [5.74, 6) is 0.120. The number of benzene rings is 3. The van der Waals surface area contributed by atoms with Crippen LogP contribution in [0.15, 0.2) is 72.8 Å². The molecular weight excluding hydrogens is 300 g/mol. The SMILES string of the molecule is CC(=O)c1ccc(C(=O)c2ccc(-c3ccc(O)cc3)cc2)cc1. The summed E-state index contributed by atoms with van der Waals surface area (Å²) < 4.78 is 0. The Labute approximate surface area is 140 Å². The molecule has 3 heteroatoms. The molecule has 0 radical (unpaired) electrons. The predicted octanol–water partition coefficient (Wildman–Crippen LogP) is 4.49. The van der Waals surface area contributed by atoms with Crippen LogP contribution in [0.3, 0.4) is 0 Å². The van der Waals surface area contributed by atoms with Crippen LogP contribution in [0.2, 0.25) is 0 Å². The van der Waals surface area contributed by atoms with Gasteiger partial charge in [0.05, 0.1) is 0 Å². The van der Waals surface area contributed by atoms with Gasteiger partial charge in [-0.2, -0.15) is 0 Å². The lowest BCUT2D eigenvalue weighted by molar-refractivity contribution is 0.101. The number of Topliss-reactive ketones (excluding diaryl/α,β-unsaturated/α-hetero) is 1. The lowest BCUT2D eigenvalue weighted by Gasteiger charge is -2.05. The van der Waals surface area contributed by atoms with Crippen LogP contribution in [0.1, 0.15) is 33.2 Å². The topological polar surface area (TPSA) is 54.4 Å². The molecule has 0 amide bonds. The summed E-state index contributed by atoms with van der Waals surface area (Å²) in [6.07, 6.45) is 0. The lowest BCUT2D eigenvalue weighted by Crippen LogP contribution is -2.02. The fraction of sp³-hybridized carbons (Fsp3) is 0.0476. The van der Waals surface area contributed by atoms with Gasteiger partial charge < -0.3 is 5.11 Å². The molecule has 0 aliphatic heterocycles. The van der Waals surface area contributed by atoms with Gasteiger partial charge in [-0.25, -0.2) is 0 Å². The third-order valence-corrected chi connectivity index (χ3v) is 3.90. The van der Waals surface area contributed by atoms with Crippen molar-refractivity contribution in [3.63, 3.8) is 0 Å². The molecule has 3 aromatic carbocycles. The first-order chi connectivity index (χ1) is 11.5. The first-order valence-corrected chi connectivity index (χ1v) is 7.60. The fourth-order valence-electron chi connectivity index (χ4n) is 2.49. The molecule has 3 rings (SSSR count). The molecule has 0 aromatic heterocycles. The van der Waals surface area contributed by atoms with Crippen molar-refractivity contribution in [1.82, 2.24) is 0 Å². The average Bonchev–Trinajstić information content (AvgIpc) is 2.62. The van der Waals surface area contributed by atoms with Crippen molar-refractivity contribution in [2.75, 3.05) is 0 Å². The summed E-state index contributed by atoms with van der Waals surface area (Å²) in [6, 6.07) is 20.9. The number of rotatable bonds is 4. The smallest absolute Gasteiger partial charge is 0.193 e. The maximum atomic E-state index is 12.5. The van der Waals surface area contributed by atoms with Crippen molar-refractivity contribution in [3.05, 3.63) is 89.5 Å². The maximum absolute atomic E-state index is 12.5. The van der Waals surface area contributed by atoms with Gasteiger partial charge in [-0.05, 0) is 30.2 Å². The van der Waals surface area contributed by atoms with E-state index in [1.165, 1.54) is 6.92 Å². The van der Waals surface area contributed by atoms with Gasteiger partial charge in [0, 0.05) is 16.7 Å². The molecule has 0 fully saturated rings. The molecule has 0 bridgehead atoms. The summed E-state index contributed by atoms with van der Waals surface area (Å²) in [7, 11) is 0. The van der Waals surface area contributed by atoms with Crippen molar-refractivity contribution in [2.24, 2.45) is 0 Å². The molecule has 118 valence electrons. The number of carbonyl (C=O) groups is 2. The average molecular weight is 316 g/mol. The van der Waals surface area contributed by atoms with Gasteiger partial charge in [-0.3, -0.25) is 9.59 Å². The zero-order chi connectivity index (χ0) is 17.1. The molecule has 0 saturated carbocycles. The van der Waals surface area contributed by atoms with E-state index in [0.29, 0.717) is 16.7 Å². The maximum Gasteiger partial charge on any atom is 0.193 e. The second kappa shape index (κ2) is 6.50. The Morgan fingerprint density at radius 3 is 1.46 bits per heavy atom. The van der Waals surface area contributed by atoms with Gasteiger partial charge in [-0.15, -0.1) is 0 Å². The van der Waals surface area contributed by atoms with Gasteiger partial charge in [0.15, 0.2) is 11.6 Å². The molecule has 3 nitrogen and oxygen atoms in total. The van der Waals surface area contributed by atoms with Crippen molar-refractivity contribution < 1.29 is 14.7 Å². The summed E-state index contributed by atoms with van der Waals surface area (Å²) in [4.78, 5) is 23.8. The fourth-order valence-corrected chi connectivity index (χ4v) is 2.49. The number of phenols is 1. The quantitative estimate of drug-likeness (QED) is 0.721. The molecule has 0 saturated heterocycles. The van der Waals surface area contributed by atoms with Crippen LogP contribution in [-0.4, -0.2) is 16.7 Å². The van der Waals surface area contributed by atoms with E-state index in [-0.39, 0.29) is 17.3 Å². The third kappa shape index (κ3) is 3.25. The van der Waals surface area contributed by atoms with Crippen LogP contribution in [0.4, 0.5) is 0 Å². The van der Waals surface area contributed by atoms with E-state index in [9.17, 15) is 14.7 Å². The van der Waals surface area contributed by atoms with Crippen molar-refractivity contribution in [1.29, 1.82) is 0 Å². The van der Waals surface area contributed by atoms with Crippen LogP contribution >= 0.6 is 0 Å². The van der Waals surface area contributed by atoms with Crippen molar-refractivity contribution in [2.45, 2.75) is 6.92 Å². The molecule has 0 aliphatic carbocycles. The van der Waals surface area contributed by atoms with Gasteiger partial charge in [-0.1, -0.05) is 60.7 Å². The van der Waals surface area contributed by atoms with E-state index in [0.717, 1.165) is 11.1 Å². The van der Waals surface area contributed by atoms with Crippen LogP contribution in [0.5, 0.6) is 5.75 Å². The molecule has 0 unspecified atom stereocenters. The van der Waals surface area contributed by atoms with Crippen molar-refractivity contribution in [3.8, 4) is 16.9 Å². The van der Waals surface area contributed by atoms with E-state index in [2.05, 4.69) is 0 Å². The molecule has 3 aromatic rings. The van der Waals surface area contributed by atoms with E-state index in [1.54, 1.807) is 48.5 Å². The second-order valence-corrected chi connectivity index (χ2v) is 5.59. The number of aromatic hydroxyl groups is 1. The van der Waals surface area contributed by atoms with Crippen molar-refractivity contribution >= 4 is 11.6 Å². The van der Waals surface area contributed by atoms with Gasteiger partial charge in [0.25, 0.3) is 0 Å². The molecule has 0 spiro atoms. The Morgan fingerprint density at radius 1 is 0.625 bits per heavy atom. The largest absolute Gasteiger partial charge is 0.508 e. The Kier molecular flexibility index (Phi) is 4.25. The Balaban J connectivity index is 1.83. The van der Waals surface area contributed by atoms with Gasteiger partial charge >= 0.3 is 0 Å². The zero-order valence-electron chi connectivity index (χ0n) is 13.2. The van der Waals surface area contributed by atoms with Gasteiger partial charge in [0.2, 0.25) is 0 Å². The summed E-state index contributed by atoms with van der Waals surface area (Å²) in [5, 5.41) is 9.33. The molecule has 0 atom stereocenters. The number of hydrogen-bond acceptors (Lipinski definition) is 3. The highest BCUT2D eigenvalue weighted by molar-refractivity contribution is 6.09. The highest BCUT2D eigenvalue weighted by Crippen LogP contribution is 2.23. The first-order valence-electron chi connectivity index (χ1n) is 7.60. The molecule has 1 N–H and O–H groups in total. The molecular formula is C21H16O3. The minimum atomic E-state index is -0.0811. The first kappa shape index (κ1) is 15.7. The normalized spacial score (nSPS) is 10.4. The minimum Gasteiger partial charge on any atom is -0.508 e. The monoisotopic (exact) mass is 316 g/mol.